The number of benzene rings is 2. The number of Topliss-reactive ketones (excluding diaryl/α,β-unsaturated/α-hetero) is 1. The van der Waals surface area contributed by atoms with Crippen LogP contribution in [0.15, 0.2) is 36.4 Å². The summed E-state index contributed by atoms with van der Waals surface area (Å²) in [6.45, 7) is 4.89. The molecule has 2 fully saturated rings. The number of piperazine rings is 1. The maximum absolute atomic E-state index is 14.4. The van der Waals surface area contributed by atoms with Gasteiger partial charge in [0.15, 0.2) is 5.78 Å². The van der Waals surface area contributed by atoms with E-state index in [1.165, 1.54) is 50.5 Å². The predicted octanol–water partition coefficient (Wildman–Crippen LogP) is 8.02. The highest BCUT2D eigenvalue weighted by atomic mass is 35.5. The SMILES string of the molecule is N=CCC[C@](CCN1CCN(C2CCCCC2)CC1)(CC(=N)C(=O)Cc1c(F)cccc1Cl)c1ccc(Cl)c(Cl)c1. The van der Waals surface area contributed by atoms with Crippen molar-refractivity contribution in [3.63, 3.8) is 0 Å². The van der Waals surface area contributed by atoms with Crippen molar-refractivity contribution in [2.75, 3.05) is 32.7 Å². The summed E-state index contributed by atoms with van der Waals surface area (Å²) in [5.74, 6) is -1.01. The number of carbonyl (C=O) groups is 1. The molecule has 2 aliphatic rings. The van der Waals surface area contributed by atoms with E-state index in [2.05, 4.69) is 9.80 Å². The lowest BCUT2D eigenvalue weighted by molar-refractivity contribution is -0.112. The zero-order chi connectivity index (χ0) is 29.4. The van der Waals surface area contributed by atoms with Gasteiger partial charge in [0.05, 0.1) is 15.8 Å². The third-order valence-electron chi connectivity index (χ3n) is 8.95. The molecule has 222 valence electrons. The van der Waals surface area contributed by atoms with Crippen LogP contribution in [0.25, 0.3) is 0 Å². The molecule has 0 unspecified atom stereocenters. The van der Waals surface area contributed by atoms with Gasteiger partial charge in [-0.25, -0.2) is 4.39 Å². The Morgan fingerprint density at radius 3 is 2.37 bits per heavy atom. The van der Waals surface area contributed by atoms with Crippen molar-refractivity contribution in [3.05, 3.63) is 68.4 Å². The quantitative estimate of drug-likeness (QED) is 0.223. The lowest BCUT2D eigenvalue weighted by Gasteiger charge is -2.42. The molecular weight excluding hydrogens is 582 g/mol. The molecule has 1 aliphatic heterocycles. The fraction of sp³-hybridized carbons (Fsp3) is 0.531. The van der Waals surface area contributed by atoms with Crippen LogP contribution in [0.4, 0.5) is 4.39 Å². The van der Waals surface area contributed by atoms with E-state index >= 15 is 0 Å². The van der Waals surface area contributed by atoms with Crippen LogP contribution in [-0.4, -0.2) is 66.3 Å². The van der Waals surface area contributed by atoms with Gasteiger partial charge in [0.2, 0.25) is 0 Å². The van der Waals surface area contributed by atoms with Crippen LogP contribution in [0.5, 0.6) is 0 Å². The average Bonchev–Trinajstić information content (AvgIpc) is 2.98. The molecule has 1 aliphatic carbocycles. The summed E-state index contributed by atoms with van der Waals surface area (Å²) in [4.78, 5) is 18.4. The lowest BCUT2D eigenvalue weighted by Crippen LogP contribution is -2.51. The Morgan fingerprint density at radius 1 is 0.976 bits per heavy atom. The zero-order valence-corrected chi connectivity index (χ0v) is 25.8. The Kier molecular flexibility index (Phi) is 11.8. The Hall–Kier alpha value is -1.83. The number of hydrogen-bond donors (Lipinski definition) is 2. The zero-order valence-electron chi connectivity index (χ0n) is 23.5. The maximum Gasteiger partial charge on any atom is 0.180 e. The van der Waals surface area contributed by atoms with Gasteiger partial charge in [-0.2, -0.15) is 0 Å². The molecule has 0 amide bonds. The predicted molar refractivity (Wildman–Crippen MR) is 168 cm³/mol. The summed E-state index contributed by atoms with van der Waals surface area (Å²) in [5.41, 5.74) is 0.316. The first-order valence-electron chi connectivity index (χ1n) is 14.7. The molecule has 0 spiro atoms. The molecule has 0 aromatic heterocycles. The average molecular weight is 622 g/mol. The monoisotopic (exact) mass is 620 g/mol. The third kappa shape index (κ3) is 8.39. The Balaban J connectivity index is 1.52. The van der Waals surface area contributed by atoms with E-state index < -0.39 is 17.0 Å². The van der Waals surface area contributed by atoms with Crippen molar-refractivity contribution in [2.24, 2.45) is 0 Å². The first kappa shape index (κ1) is 32.1. The minimum absolute atomic E-state index is 0.0810. The first-order valence-corrected chi connectivity index (χ1v) is 15.8. The molecule has 9 heteroatoms. The Labute approximate surface area is 258 Å². The smallest absolute Gasteiger partial charge is 0.180 e. The number of nitrogens with one attached hydrogen (secondary N) is 2. The fourth-order valence-electron chi connectivity index (χ4n) is 6.44. The van der Waals surface area contributed by atoms with Crippen molar-refractivity contribution < 1.29 is 9.18 Å². The number of ketones is 1. The largest absolute Gasteiger partial charge is 0.313 e. The number of nitrogens with zero attached hydrogens (tertiary/aromatic N) is 2. The minimum atomic E-state index is -0.613. The van der Waals surface area contributed by atoms with E-state index in [0.29, 0.717) is 35.3 Å². The molecule has 1 saturated heterocycles. The second kappa shape index (κ2) is 15.1. The third-order valence-corrected chi connectivity index (χ3v) is 10.0. The molecule has 0 radical (unpaired) electrons. The topological polar surface area (TPSA) is 71.2 Å². The summed E-state index contributed by atoms with van der Waals surface area (Å²) in [6, 6.07) is 10.5. The Morgan fingerprint density at radius 2 is 1.71 bits per heavy atom. The van der Waals surface area contributed by atoms with Crippen molar-refractivity contribution in [3.8, 4) is 0 Å². The van der Waals surface area contributed by atoms with Gasteiger partial charge in [-0.15, -0.1) is 0 Å². The van der Waals surface area contributed by atoms with Crippen LogP contribution in [-0.2, 0) is 16.6 Å². The minimum Gasteiger partial charge on any atom is -0.313 e. The van der Waals surface area contributed by atoms with Crippen LogP contribution in [0.2, 0.25) is 15.1 Å². The molecule has 2 N–H and O–H groups in total. The van der Waals surface area contributed by atoms with E-state index in [1.54, 1.807) is 12.1 Å². The number of carbonyl (C=O) groups excluding carboxylic acids is 1. The van der Waals surface area contributed by atoms with E-state index in [9.17, 15) is 9.18 Å². The van der Waals surface area contributed by atoms with Gasteiger partial charge in [-0.3, -0.25) is 9.69 Å². The van der Waals surface area contributed by atoms with Crippen molar-refractivity contribution in [1.29, 1.82) is 10.8 Å². The van der Waals surface area contributed by atoms with Gasteiger partial charge in [-0.1, -0.05) is 66.2 Å². The second-order valence-electron chi connectivity index (χ2n) is 11.5. The second-order valence-corrected chi connectivity index (χ2v) is 12.7. The molecule has 5 nitrogen and oxygen atoms in total. The molecule has 41 heavy (non-hydrogen) atoms. The van der Waals surface area contributed by atoms with Gasteiger partial charge in [0.25, 0.3) is 0 Å². The van der Waals surface area contributed by atoms with Gasteiger partial charge in [-0.05, 0) is 74.7 Å². The standard InChI is InChI=1S/C32H40Cl3FN4O/c33-26-8-4-9-29(36)25(26)21-31(41)30(38)22-32(12-5-14-37,23-10-11-27(34)28(35)20-23)13-15-39-16-18-40(19-17-39)24-6-2-1-3-7-24/h4,8-11,14,20,24,37-38H,1-3,5-7,12-13,15-19,21-22H2/t32-/m0/s1. The normalized spacial score (nSPS) is 18.6. The van der Waals surface area contributed by atoms with Gasteiger partial charge in [0.1, 0.15) is 5.82 Å². The highest BCUT2D eigenvalue weighted by Crippen LogP contribution is 2.40. The number of halogens is 4. The molecule has 1 saturated carbocycles. The molecule has 0 bridgehead atoms. The van der Waals surface area contributed by atoms with Crippen molar-refractivity contribution >= 4 is 52.5 Å². The molecule has 1 heterocycles. The highest BCUT2D eigenvalue weighted by Gasteiger charge is 2.36. The number of rotatable bonds is 13. The van der Waals surface area contributed by atoms with Crippen molar-refractivity contribution in [2.45, 2.75) is 75.7 Å². The number of hydrogen-bond acceptors (Lipinski definition) is 5. The maximum atomic E-state index is 14.4. The molecular formula is C32H40Cl3FN4O. The highest BCUT2D eigenvalue weighted by molar-refractivity contribution is 6.42. The summed E-state index contributed by atoms with van der Waals surface area (Å²) >= 11 is 18.9. The van der Waals surface area contributed by atoms with Gasteiger partial charge in [0, 0.05) is 61.1 Å². The summed E-state index contributed by atoms with van der Waals surface area (Å²) in [5, 5.41) is 17.6. The van der Waals surface area contributed by atoms with E-state index in [-0.39, 0.29) is 29.1 Å². The fourth-order valence-corrected chi connectivity index (χ4v) is 6.97. The van der Waals surface area contributed by atoms with E-state index in [4.69, 9.17) is 45.6 Å². The summed E-state index contributed by atoms with van der Waals surface area (Å²) < 4.78 is 14.4. The van der Waals surface area contributed by atoms with Crippen LogP contribution in [0.3, 0.4) is 0 Å². The van der Waals surface area contributed by atoms with Crippen LogP contribution < -0.4 is 0 Å². The first-order chi connectivity index (χ1) is 19.7. The van der Waals surface area contributed by atoms with Gasteiger partial charge < -0.3 is 15.7 Å². The Bertz CT molecular complexity index is 1210. The lowest BCUT2D eigenvalue weighted by atomic mass is 9.69. The molecule has 1 atom stereocenters. The van der Waals surface area contributed by atoms with Crippen LogP contribution >= 0.6 is 34.8 Å². The van der Waals surface area contributed by atoms with Crippen LogP contribution in [0.1, 0.15) is 68.9 Å². The molecule has 2 aromatic rings. The van der Waals surface area contributed by atoms with Crippen LogP contribution in [0, 0.1) is 16.6 Å². The van der Waals surface area contributed by atoms with Crippen molar-refractivity contribution in [1.82, 2.24) is 9.80 Å². The molecule has 2 aromatic carbocycles. The van der Waals surface area contributed by atoms with Gasteiger partial charge >= 0.3 is 0 Å². The van der Waals surface area contributed by atoms with E-state index in [1.807, 2.05) is 12.1 Å². The van der Waals surface area contributed by atoms with E-state index in [0.717, 1.165) is 38.3 Å². The summed E-state index contributed by atoms with van der Waals surface area (Å²) in [7, 11) is 0. The molecule has 4 rings (SSSR count). The summed E-state index contributed by atoms with van der Waals surface area (Å²) in [6.07, 6.45) is 9.66.